The molecule has 7 nitrogen and oxygen atoms in total. The van der Waals surface area contributed by atoms with E-state index in [1.807, 2.05) is 0 Å². The Balaban J connectivity index is 1.74. The van der Waals surface area contributed by atoms with Crippen LogP contribution in [0.5, 0.6) is 0 Å². The molecule has 0 spiro atoms. The number of aromatic nitrogens is 3. The van der Waals surface area contributed by atoms with Gasteiger partial charge in [0.05, 0.1) is 11.3 Å². The first-order valence-electron chi connectivity index (χ1n) is 9.20. The number of carbonyl (C=O) groups excluding carboxylic acids is 1. The summed E-state index contributed by atoms with van der Waals surface area (Å²) in [6, 6.07) is 8.15. The number of nitrogen functional groups attached to an aromatic ring is 1. The highest BCUT2D eigenvalue weighted by Gasteiger charge is 2.40. The van der Waals surface area contributed by atoms with Gasteiger partial charge in [0, 0.05) is 12.6 Å². The van der Waals surface area contributed by atoms with E-state index in [0.29, 0.717) is 29.4 Å². The summed E-state index contributed by atoms with van der Waals surface area (Å²) < 4.78 is 14.4. The molecule has 9 heteroatoms. The van der Waals surface area contributed by atoms with Gasteiger partial charge in [-0.1, -0.05) is 31.0 Å². The van der Waals surface area contributed by atoms with E-state index in [-0.39, 0.29) is 11.7 Å². The minimum Gasteiger partial charge on any atom is -0.335 e. The Kier molecular flexibility index (Phi) is 5.89. The van der Waals surface area contributed by atoms with E-state index >= 15 is 0 Å². The summed E-state index contributed by atoms with van der Waals surface area (Å²) in [5, 5.41) is 17.7. The lowest BCUT2D eigenvalue weighted by atomic mass is 9.81. The SMILES string of the molecule is C[C@H](Sc1nnc(-c2ccc(F)cc2)n1N)C(=O)N(C)C1(C#N)CCCCC1. The van der Waals surface area contributed by atoms with Crippen molar-refractivity contribution in [1.29, 1.82) is 5.26 Å². The highest BCUT2D eigenvalue weighted by atomic mass is 32.2. The van der Waals surface area contributed by atoms with Crippen LogP contribution in [-0.2, 0) is 4.79 Å². The van der Waals surface area contributed by atoms with E-state index in [0.717, 1.165) is 19.3 Å². The van der Waals surface area contributed by atoms with Crippen LogP contribution in [-0.4, -0.2) is 43.5 Å². The van der Waals surface area contributed by atoms with Gasteiger partial charge in [0.25, 0.3) is 0 Å². The zero-order valence-electron chi connectivity index (χ0n) is 15.9. The summed E-state index contributed by atoms with van der Waals surface area (Å²) in [5.41, 5.74) is -0.107. The maximum absolute atomic E-state index is 13.1. The van der Waals surface area contributed by atoms with Gasteiger partial charge in [-0.15, -0.1) is 10.2 Å². The third kappa shape index (κ3) is 3.83. The van der Waals surface area contributed by atoms with Crippen LogP contribution in [0.3, 0.4) is 0 Å². The monoisotopic (exact) mass is 402 g/mol. The van der Waals surface area contributed by atoms with Crippen molar-refractivity contribution >= 4 is 17.7 Å². The standard InChI is InChI=1S/C19H23FN6OS/c1-13(17(27)25(2)19(12-21)10-4-3-5-11-19)28-18-24-23-16(26(18)22)14-6-8-15(20)9-7-14/h6-9,13H,3-5,10-11,22H2,1-2H3/t13-/m0/s1. The first kappa shape index (κ1) is 20.1. The highest BCUT2D eigenvalue weighted by molar-refractivity contribution is 8.00. The van der Waals surface area contributed by atoms with E-state index < -0.39 is 10.8 Å². The molecule has 1 saturated carbocycles. The Labute approximate surface area is 167 Å². The molecule has 1 aromatic carbocycles. The lowest BCUT2D eigenvalue weighted by Gasteiger charge is -2.40. The molecule has 1 fully saturated rings. The number of rotatable bonds is 5. The number of hydrogen-bond donors (Lipinski definition) is 1. The van der Waals surface area contributed by atoms with Crippen LogP contribution in [0.25, 0.3) is 11.4 Å². The predicted molar refractivity (Wildman–Crippen MR) is 105 cm³/mol. The van der Waals surface area contributed by atoms with Gasteiger partial charge in [-0.2, -0.15) is 5.26 Å². The summed E-state index contributed by atoms with van der Waals surface area (Å²) in [6.07, 6.45) is 4.39. The van der Waals surface area contributed by atoms with Gasteiger partial charge in [0.2, 0.25) is 11.1 Å². The molecule has 1 atom stereocenters. The third-order valence-electron chi connectivity index (χ3n) is 5.26. The largest absolute Gasteiger partial charge is 0.335 e. The molecule has 1 aromatic heterocycles. The second-order valence-corrected chi connectivity index (χ2v) is 8.35. The second-order valence-electron chi connectivity index (χ2n) is 7.04. The van der Waals surface area contributed by atoms with Crippen LogP contribution in [0.1, 0.15) is 39.0 Å². The minimum absolute atomic E-state index is 0.139. The second kappa shape index (κ2) is 8.19. The molecule has 2 N–H and O–H groups in total. The average Bonchev–Trinajstić information content (AvgIpc) is 3.08. The number of hydrogen-bond acceptors (Lipinski definition) is 6. The summed E-state index contributed by atoms with van der Waals surface area (Å²) in [6.45, 7) is 1.77. The van der Waals surface area contributed by atoms with Crippen molar-refractivity contribution in [3.05, 3.63) is 30.1 Å². The zero-order valence-corrected chi connectivity index (χ0v) is 16.7. The number of halogens is 1. The number of nitriles is 1. The summed E-state index contributed by atoms with van der Waals surface area (Å²) in [7, 11) is 1.70. The maximum atomic E-state index is 13.1. The van der Waals surface area contributed by atoms with Gasteiger partial charge in [-0.25, -0.2) is 9.07 Å². The van der Waals surface area contributed by atoms with Crippen molar-refractivity contribution in [2.75, 3.05) is 12.9 Å². The van der Waals surface area contributed by atoms with Gasteiger partial charge < -0.3 is 10.7 Å². The first-order chi connectivity index (χ1) is 13.4. The van der Waals surface area contributed by atoms with E-state index in [2.05, 4.69) is 16.3 Å². The molecule has 0 aliphatic heterocycles. The van der Waals surface area contributed by atoms with Gasteiger partial charge in [-0.3, -0.25) is 4.79 Å². The smallest absolute Gasteiger partial charge is 0.236 e. The average molecular weight is 402 g/mol. The van der Waals surface area contributed by atoms with Crippen LogP contribution in [0, 0.1) is 17.1 Å². The van der Waals surface area contributed by atoms with E-state index in [1.54, 1.807) is 31.0 Å². The van der Waals surface area contributed by atoms with Crippen LogP contribution in [0.4, 0.5) is 4.39 Å². The Hall–Kier alpha value is -2.60. The fraction of sp³-hybridized carbons (Fsp3) is 0.474. The van der Waals surface area contributed by atoms with Gasteiger partial charge >= 0.3 is 0 Å². The summed E-state index contributed by atoms with van der Waals surface area (Å²) in [5.74, 6) is 5.99. The number of thioether (sulfide) groups is 1. The summed E-state index contributed by atoms with van der Waals surface area (Å²) >= 11 is 1.19. The molecule has 1 amide bonds. The Morgan fingerprint density at radius 1 is 1.32 bits per heavy atom. The molecule has 1 aliphatic carbocycles. The Bertz CT molecular complexity index is 885. The van der Waals surface area contributed by atoms with Crippen molar-refractivity contribution in [1.82, 2.24) is 19.8 Å². The Morgan fingerprint density at radius 2 is 1.96 bits per heavy atom. The fourth-order valence-electron chi connectivity index (χ4n) is 3.50. The number of carbonyl (C=O) groups is 1. The van der Waals surface area contributed by atoms with Crippen molar-refractivity contribution in [2.24, 2.45) is 0 Å². The number of benzene rings is 1. The maximum Gasteiger partial charge on any atom is 0.236 e. The van der Waals surface area contributed by atoms with E-state index in [4.69, 9.17) is 5.84 Å². The van der Waals surface area contributed by atoms with Gasteiger partial charge in [-0.05, 0) is 44.0 Å². The van der Waals surface area contributed by atoms with Crippen molar-refractivity contribution in [3.63, 3.8) is 0 Å². The molecule has 28 heavy (non-hydrogen) atoms. The van der Waals surface area contributed by atoms with Gasteiger partial charge in [0.1, 0.15) is 11.4 Å². The fourth-order valence-corrected chi connectivity index (χ4v) is 4.37. The first-order valence-corrected chi connectivity index (χ1v) is 10.1. The molecule has 0 bridgehead atoms. The number of nitrogens with zero attached hydrogens (tertiary/aromatic N) is 5. The van der Waals surface area contributed by atoms with Gasteiger partial charge in [0.15, 0.2) is 5.82 Å². The molecule has 2 aromatic rings. The topological polar surface area (TPSA) is 101 Å². The van der Waals surface area contributed by atoms with Crippen LogP contribution < -0.4 is 5.84 Å². The zero-order chi connectivity index (χ0) is 20.3. The molecule has 0 unspecified atom stereocenters. The van der Waals surface area contributed by atoms with Crippen LogP contribution in [0.15, 0.2) is 29.4 Å². The quantitative estimate of drug-likeness (QED) is 0.609. The molecular formula is C19H23FN6OS. The molecule has 0 radical (unpaired) electrons. The normalized spacial score (nSPS) is 16.9. The number of nitrogens with two attached hydrogens (primary N) is 1. The lowest BCUT2D eigenvalue weighted by Crippen LogP contribution is -2.52. The highest BCUT2D eigenvalue weighted by Crippen LogP contribution is 2.34. The number of amides is 1. The molecule has 1 aliphatic rings. The van der Waals surface area contributed by atoms with Crippen molar-refractivity contribution in [2.45, 2.75) is 55.0 Å². The predicted octanol–water partition coefficient (Wildman–Crippen LogP) is 2.96. The lowest BCUT2D eigenvalue weighted by molar-refractivity contribution is -0.133. The van der Waals surface area contributed by atoms with Crippen molar-refractivity contribution in [3.8, 4) is 17.5 Å². The van der Waals surface area contributed by atoms with Crippen LogP contribution >= 0.6 is 11.8 Å². The van der Waals surface area contributed by atoms with Crippen LogP contribution in [0.2, 0.25) is 0 Å². The molecule has 1 heterocycles. The molecule has 148 valence electrons. The molecule has 3 rings (SSSR count). The van der Waals surface area contributed by atoms with Crippen molar-refractivity contribution < 1.29 is 9.18 Å². The summed E-state index contributed by atoms with van der Waals surface area (Å²) in [4.78, 5) is 14.5. The molecular weight excluding hydrogens is 379 g/mol. The van der Waals surface area contributed by atoms with E-state index in [9.17, 15) is 14.4 Å². The van der Waals surface area contributed by atoms with E-state index in [1.165, 1.54) is 28.6 Å². The minimum atomic E-state index is -0.736. The third-order valence-corrected chi connectivity index (χ3v) is 6.30. The Morgan fingerprint density at radius 3 is 2.57 bits per heavy atom. The molecule has 0 saturated heterocycles.